The van der Waals surface area contributed by atoms with Crippen LogP contribution in [0.3, 0.4) is 0 Å². The highest BCUT2D eigenvalue weighted by atomic mass is 14.3. The van der Waals surface area contributed by atoms with Crippen molar-refractivity contribution in [2.75, 3.05) is 0 Å². The quantitative estimate of drug-likeness (QED) is 0.683. The lowest BCUT2D eigenvalue weighted by Crippen LogP contribution is -2.13. The Morgan fingerprint density at radius 2 is 1.67 bits per heavy atom. The summed E-state index contributed by atoms with van der Waals surface area (Å²) in [5.74, 6) is 0. The third kappa shape index (κ3) is 2.69. The summed E-state index contributed by atoms with van der Waals surface area (Å²) in [5.41, 5.74) is 0.957. The highest BCUT2D eigenvalue weighted by Crippen LogP contribution is 2.25. The summed E-state index contributed by atoms with van der Waals surface area (Å²) < 4.78 is 0. The van der Waals surface area contributed by atoms with E-state index in [1.54, 1.807) is 6.08 Å². The maximum absolute atomic E-state index is 8.70. The van der Waals surface area contributed by atoms with E-state index in [2.05, 4.69) is 0 Å². The molecule has 0 N–H and O–H groups in total. The second-order valence-electron chi connectivity index (χ2n) is 3.87. The standard InChI is InChI=1S/C13H12N2/c1-13(2,8-11(9-14)10-15)12-6-4-3-5-7-12/h3-8H,1-2H3. The molecule has 1 aromatic carbocycles. The van der Waals surface area contributed by atoms with Gasteiger partial charge < -0.3 is 0 Å². The molecule has 0 atom stereocenters. The van der Waals surface area contributed by atoms with E-state index in [4.69, 9.17) is 10.5 Å². The molecular formula is C13H12N2. The van der Waals surface area contributed by atoms with E-state index in [0.717, 1.165) is 5.56 Å². The Bertz CT molecular complexity index is 426. The summed E-state index contributed by atoms with van der Waals surface area (Å²) in [4.78, 5) is 0. The van der Waals surface area contributed by atoms with Crippen LogP contribution in [0, 0.1) is 22.7 Å². The van der Waals surface area contributed by atoms with Gasteiger partial charge in [0.25, 0.3) is 0 Å². The van der Waals surface area contributed by atoms with E-state index in [-0.39, 0.29) is 11.0 Å². The van der Waals surface area contributed by atoms with E-state index in [0.29, 0.717) is 0 Å². The topological polar surface area (TPSA) is 47.6 Å². The van der Waals surface area contributed by atoms with Crippen molar-refractivity contribution in [2.45, 2.75) is 19.3 Å². The lowest BCUT2D eigenvalue weighted by Gasteiger charge is -2.20. The Labute approximate surface area is 90.1 Å². The molecule has 0 aliphatic rings. The van der Waals surface area contributed by atoms with Gasteiger partial charge in [0, 0.05) is 5.41 Å². The Hall–Kier alpha value is -2.06. The van der Waals surface area contributed by atoms with Gasteiger partial charge in [0.1, 0.15) is 17.7 Å². The van der Waals surface area contributed by atoms with Crippen LogP contribution in [-0.2, 0) is 5.41 Å². The van der Waals surface area contributed by atoms with Crippen LogP contribution in [0.1, 0.15) is 19.4 Å². The first-order chi connectivity index (χ1) is 7.10. The molecule has 0 aliphatic carbocycles. The summed E-state index contributed by atoms with van der Waals surface area (Å²) in [6, 6.07) is 13.6. The fourth-order valence-electron chi connectivity index (χ4n) is 1.40. The van der Waals surface area contributed by atoms with E-state index in [1.807, 2.05) is 56.3 Å². The van der Waals surface area contributed by atoms with Crippen LogP contribution in [0.15, 0.2) is 42.0 Å². The number of nitrogens with zero attached hydrogens (tertiary/aromatic N) is 2. The van der Waals surface area contributed by atoms with Crippen LogP contribution in [-0.4, -0.2) is 0 Å². The number of allylic oxidation sites excluding steroid dienone is 2. The zero-order valence-electron chi connectivity index (χ0n) is 8.86. The summed E-state index contributed by atoms with van der Waals surface area (Å²) in [5, 5.41) is 17.4. The van der Waals surface area contributed by atoms with Gasteiger partial charge in [-0.1, -0.05) is 44.2 Å². The SMILES string of the molecule is CC(C)(C=C(C#N)C#N)c1ccccc1. The molecule has 0 unspecified atom stereocenters. The first-order valence-electron chi connectivity index (χ1n) is 4.69. The van der Waals surface area contributed by atoms with Gasteiger partial charge in [0.2, 0.25) is 0 Å². The van der Waals surface area contributed by atoms with Gasteiger partial charge in [0.15, 0.2) is 0 Å². The summed E-state index contributed by atoms with van der Waals surface area (Å²) >= 11 is 0. The van der Waals surface area contributed by atoms with Gasteiger partial charge in [-0.15, -0.1) is 0 Å². The molecule has 1 rings (SSSR count). The molecule has 0 radical (unpaired) electrons. The van der Waals surface area contributed by atoms with Crippen LogP contribution in [0.25, 0.3) is 0 Å². The largest absolute Gasteiger partial charge is 0.192 e. The molecule has 15 heavy (non-hydrogen) atoms. The zero-order chi connectivity index (χ0) is 11.3. The second kappa shape index (κ2) is 4.44. The van der Waals surface area contributed by atoms with Crippen LogP contribution in [0.4, 0.5) is 0 Å². The predicted molar refractivity (Wildman–Crippen MR) is 58.8 cm³/mol. The Morgan fingerprint density at radius 3 is 2.13 bits per heavy atom. The molecule has 0 heterocycles. The Balaban J connectivity index is 3.11. The molecule has 2 nitrogen and oxygen atoms in total. The van der Waals surface area contributed by atoms with Crippen molar-refractivity contribution in [3.05, 3.63) is 47.5 Å². The average Bonchev–Trinajstić information content (AvgIpc) is 2.27. The molecule has 0 spiro atoms. The molecule has 0 bridgehead atoms. The van der Waals surface area contributed by atoms with Crippen LogP contribution >= 0.6 is 0 Å². The third-order valence-corrected chi connectivity index (χ3v) is 2.26. The highest BCUT2D eigenvalue weighted by Gasteiger charge is 2.18. The number of hydrogen-bond donors (Lipinski definition) is 0. The minimum absolute atomic E-state index is 0.156. The number of nitriles is 2. The minimum atomic E-state index is -0.290. The van der Waals surface area contributed by atoms with Crippen molar-refractivity contribution in [2.24, 2.45) is 0 Å². The molecule has 74 valence electrons. The number of hydrogen-bond acceptors (Lipinski definition) is 2. The van der Waals surface area contributed by atoms with Crippen molar-refractivity contribution in [3.8, 4) is 12.1 Å². The van der Waals surface area contributed by atoms with Crippen LogP contribution < -0.4 is 0 Å². The molecular weight excluding hydrogens is 184 g/mol. The lowest BCUT2D eigenvalue weighted by molar-refractivity contribution is 0.668. The number of rotatable bonds is 2. The van der Waals surface area contributed by atoms with Gasteiger partial charge in [0.05, 0.1) is 0 Å². The number of benzene rings is 1. The normalized spacial score (nSPS) is 9.87. The average molecular weight is 196 g/mol. The third-order valence-electron chi connectivity index (χ3n) is 2.26. The highest BCUT2D eigenvalue weighted by molar-refractivity contribution is 5.41. The molecule has 0 saturated carbocycles. The second-order valence-corrected chi connectivity index (χ2v) is 3.87. The molecule has 0 aliphatic heterocycles. The van der Waals surface area contributed by atoms with Gasteiger partial charge in [-0.05, 0) is 11.6 Å². The summed E-state index contributed by atoms with van der Waals surface area (Å²) in [6.45, 7) is 3.97. The van der Waals surface area contributed by atoms with Gasteiger partial charge in [-0.25, -0.2) is 0 Å². The maximum Gasteiger partial charge on any atom is 0.126 e. The van der Waals surface area contributed by atoms with Gasteiger partial charge >= 0.3 is 0 Å². The zero-order valence-corrected chi connectivity index (χ0v) is 8.86. The van der Waals surface area contributed by atoms with Crippen LogP contribution in [0.2, 0.25) is 0 Å². The summed E-state index contributed by atoms with van der Waals surface area (Å²) in [7, 11) is 0. The van der Waals surface area contributed by atoms with Crippen molar-refractivity contribution in [1.29, 1.82) is 10.5 Å². The van der Waals surface area contributed by atoms with Crippen molar-refractivity contribution in [3.63, 3.8) is 0 Å². The summed E-state index contributed by atoms with van der Waals surface area (Å²) in [6.07, 6.45) is 1.70. The predicted octanol–water partition coefficient (Wildman–Crippen LogP) is 2.94. The first-order valence-corrected chi connectivity index (χ1v) is 4.69. The fraction of sp³-hybridized carbons (Fsp3) is 0.231. The lowest BCUT2D eigenvalue weighted by atomic mass is 9.83. The van der Waals surface area contributed by atoms with Crippen molar-refractivity contribution in [1.82, 2.24) is 0 Å². The Morgan fingerprint density at radius 1 is 1.13 bits per heavy atom. The fourth-order valence-corrected chi connectivity index (χ4v) is 1.40. The molecule has 0 amide bonds. The monoisotopic (exact) mass is 196 g/mol. The molecule has 0 aromatic heterocycles. The van der Waals surface area contributed by atoms with E-state index >= 15 is 0 Å². The van der Waals surface area contributed by atoms with Crippen molar-refractivity contribution < 1.29 is 0 Å². The van der Waals surface area contributed by atoms with E-state index in [1.165, 1.54) is 0 Å². The van der Waals surface area contributed by atoms with Crippen LogP contribution in [0.5, 0.6) is 0 Å². The Kier molecular flexibility index (Phi) is 3.26. The molecule has 0 saturated heterocycles. The van der Waals surface area contributed by atoms with E-state index in [9.17, 15) is 0 Å². The molecule has 2 heteroatoms. The molecule has 0 fully saturated rings. The minimum Gasteiger partial charge on any atom is -0.192 e. The van der Waals surface area contributed by atoms with E-state index < -0.39 is 0 Å². The van der Waals surface area contributed by atoms with Gasteiger partial charge in [-0.2, -0.15) is 10.5 Å². The van der Waals surface area contributed by atoms with Gasteiger partial charge in [-0.3, -0.25) is 0 Å². The smallest absolute Gasteiger partial charge is 0.126 e. The molecule has 1 aromatic rings. The first kappa shape index (κ1) is 11.0. The maximum atomic E-state index is 8.70. The van der Waals surface area contributed by atoms with Crippen molar-refractivity contribution >= 4 is 0 Å².